The first-order valence-corrected chi connectivity index (χ1v) is 8.14. The Hall–Kier alpha value is -2.45. The van der Waals surface area contributed by atoms with E-state index in [-0.39, 0.29) is 0 Å². The van der Waals surface area contributed by atoms with Gasteiger partial charge < -0.3 is 0 Å². The lowest BCUT2D eigenvalue weighted by Gasteiger charge is -1.96. The SMILES string of the molecule is Cc1cccc(/C=C/c2nc3c(ccc4ccccc43)s2)c1. The molecule has 0 spiro atoms. The average Bonchev–Trinajstić information content (AvgIpc) is 2.97. The lowest BCUT2D eigenvalue weighted by atomic mass is 10.1. The van der Waals surface area contributed by atoms with Crippen molar-refractivity contribution in [3.63, 3.8) is 0 Å². The Kier molecular flexibility index (Phi) is 3.24. The van der Waals surface area contributed by atoms with Gasteiger partial charge in [-0.05, 0) is 30.0 Å². The van der Waals surface area contributed by atoms with Crippen molar-refractivity contribution in [1.29, 1.82) is 0 Å². The summed E-state index contributed by atoms with van der Waals surface area (Å²) in [7, 11) is 0. The Morgan fingerprint density at radius 1 is 0.909 bits per heavy atom. The largest absolute Gasteiger partial charge is 0.236 e. The van der Waals surface area contributed by atoms with E-state index in [1.165, 1.54) is 26.6 Å². The third-order valence-corrected chi connectivity index (χ3v) is 4.75. The van der Waals surface area contributed by atoms with E-state index in [1.54, 1.807) is 11.3 Å². The molecule has 0 aliphatic heterocycles. The van der Waals surface area contributed by atoms with Gasteiger partial charge in [0.1, 0.15) is 5.01 Å². The average molecular weight is 301 g/mol. The minimum atomic E-state index is 1.05. The van der Waals surface area contributed by atoms with Gasteiger partial charge in [-0.2, -0.15) is 0 Å². The maximum atomic E-state index is 4.81. The smallest absolute Gasteiger partial charge is 0.117 e. The zero-order valence-corrected chi connectivity index (χ0v) is 13.1. The van der Waals surface area contributed by atoms with E-state index in [1.807, 2.05) is 0 Å². The maximum absolute atomic E-state index is 4.81. The molecular weight excluding hydrogens is 286 g/mol. The second-order valence-electron chi connectivity index (χ2n) is 5.43. The summed E-state index contributed by atoms with van der Waals surface area (Å²) in [6.45, 7) is 2.11. The second kappa shape index (κ2) is 5.39. The molecular formula is C20H15NS. The minimum Gasteiger partial charge on any atom is -0.236 e. The van der Waals surface area contributed by atoms with Gasteiger partial charge in [0.15, 0.2) is 0 Å². The number of aryl methyl sites for hydroxylation is 1. The van der Waals surface area contributed by atoms with Gasteiger partial charge >= 0.3 is 0 Å². The number of fused-ring (bicyclic) bond motifs is 3. The van der Waals surface area contributed by atoms with Crippen molar-refractivity contribution in [3.05, 3.63) is 76.8 Å². The van der Waals surface area contributed by atoms with E-state index < -0.39 is 0 Å². The first-order valence-electron chi connectivity index (χ1n) is 7.33. The van der Waals surface area contributed by atoms with Gasteiger partial charge in [0.2, 0.25) is 0 Å². The molecule has 4 aromatic rings. The zero-order chi connectivity index (χ0) is 14.9. The Morgan fingerprint density at radius 3 is 2.73 bits per heavy atom. The summed E-state index contributed by atoms with van der Waals surface area (Å²) in [6.07, 6.45) is 4.24. The first-order chi connectivity index (χ1) is 10.8. The number of aromatic nitrogens is 1. The normalized spacial score (nSPS) is 11.7. The van der Waals surface area contributed by atoms with Crippen molar-refractivity contribution in [2.75, 3.05) is 0 Å². The molecule has 0 amide bonds. The lowest BCUT2D eigenvalue weighted by Crippen LogP contribution is -1.76. The number of hydrogen-bond donors (Lipinski definition) is 0. The molecule has 1 aromatic heterocycles. The molecule has 0 N–H and O–H groups in total. The molecule has 0 radical (unpaired) electrons. The third kappa shape index (κ3) is 2.42. The van der Waals surface area contributed by atoms with Crippen molar-refractivity contribution in [3.8, 4) is 0 Å². The Morgan fingerprint density at radius 2 is 1.82 bits per heavy atom. The summed E-state index contributed by atoms with van der Waals surface area (Å²) >= 11 is 1.74. The van der Waals surface area contributed by atoms with Crippen LogP contribution < -0.4 is 0 Å². The maximum Gasteiger partial charge on any atom is 0.117 e. The van der Waals surface area contributed by atoms with Crippen LogP contribution in [0, 0.1) is 6.92 Å². The van der Waals surface area contributed by atoms with Crippen molar-refractivity contribution in [1.82, 2.24) is 4.98 Å². The number of thiazole rings is 1. The molecule has 0 aliphatic carbocycles. The fourth-order valence-electron chi connectivity index (χ4n) is 2.69. The highest BCUT2D eigenvalue weighted by Crippen LogP contribution is 2.30. The molecule has 0 atom stereocenters. The van der Waals surface area contributed by atoms with Crippen molar-refractivity contribution < 1.29 is 0 Å². The van der Waals surface area contributed by atoms with Gasteiger partial charge in [0.05, 0.1) is 10.2 Å². The van der Waals surface area contributed by atoms with Crippen LogP contribution in [0.15, 0.2) is 60.7 Å². The van der Waals surface area contributed by atoms with Crippen molar-refractivity contribution in [2.24, 2.45) is 0 Å². The monoisotopic (exact) mass is 301 g/mol. The van der Waals surface area contributed by atoms with Crippen molar-refractivity contribution in [2.45, 2.75) is 6.92 Å². The molecule has 0 bridgehead atoms. The van der Waals surface area contributed by atoms with Crippen LogP contribution in [0.25, 0.3) is 33.1 Å². The lowest BCUT2D eigenvalue weighted by molar-refractivity contribution is 1.46. The number of rotatable bonds is 2. The fourth-order valence-corrected chi connectivity index (χ4v) is 3.58. The topological polar surface area (TPSA) is 12.9 Å². The van der Waals surface area contributed by atoms with Gasteiger partial charge in [0, 0.05) is 5.39 Å². The van der Waals surface area contributed by atoms with Gasteiger partial charge in [-0.3, -0.25) is 0 Å². The van der Waals surface area contributed by atoms with Crippen LogP contribution in [-0.2, 0) is 0 Å². The number of nitrogens with zero attached hydrogens (tertiary/aromatic N) is 1. The van der Waals surface area contributed by atoms with Crippen molar-refractivity contribution >= 4 is 44.5 Å². The molecule has 3 aromatic carbocycles. The summed E-state index contributed by atoms with van der Waals surface area (Å²) in [5.74, 6) is 0. The van der Waals surface area contributed by atoms with Crippen LogP contribution in [0.4, 0.5) is 0 Å². The molecule has 2 heteroatoms. The summed E-state index contributed by atoms with van der Waals surface area (Å²) in [4.78, 5) is 4.81. The van der Waals surface area contributed by atoms with Crippen LogP contribution in [0.5, 0.6) is 0 Å². The van der Waals surface area contributed by atoms with Gasteiger partial charge in [-0.1, -0.05) is 66.2 Å². The predicted octanol–water partition coefficient (Wildman–Crippen LogP) is 5.93. The Bertz CT molecular complexity index is 995. The number of benzene rings is 3. The van der Waals surface area contributed by atoms with E-state index in [0.717, 1.165) is 10.5 Å². The zero-order valence-electron chi connectivity index (χ0n) is 12.3. The highest BCUT2D eigenvalue weighted by molar-refractivity contribution is 7.19. The predicted molar refractivity (Wildman–Crippen MR) is 97.2 cm³/mol. The third-order valence-electron chi connectivity index (χ3n) is 3.76. The molecule has 0 fully saturated rings. The highest BCUT2D eigenvalue weighted by atomic mass is 32.1. The van der Waals surface area contributed by atoms with E-state index in [9.17, 15) is 0 Å². The second-order valence-corrected chi connectivity index (χ2v) is 6.50. The Labute approximate surface area is 133 Å². The summed E-state index contributed by atoms with van der Waals surface area (Å²) in [6, 6.07) is 21.3. The van der Waals surface area contributed by atoms with Gasteiger partial charge in [-0.15, -0.1) is 11.3 Å². The quantitative estimate of drug-likeness (QED) is 0.447. The van der Waals surface area contributed by atoms with E-state index in [2.05, 4.69) is 79.7 Å². The molecule has 1 heterocycles. The van der Waals surface area contributed by atoms with Gasteiger partial charge in [0.25, 0.3) is 0 Å². The van der Waals surface area contributed by atoms with Crippen LogP contribution in [0.1, 0.15) is 16.1 Å². The van der Waals surface area contributed by atoms with E-state index >= 15 is 0 Å². The molecule has 0 unspecified atom stereocenters. The molecule has 0 saturated heterocycles. The van der Waals surface area contributed by atoms with Crippen LogP contribution >= 0.6 is 11.3 Å². The molecule has 4 rings (SSSR count). The van der Waals surface area contributed by atoms with E-state index in [0.29, 0.717) is 0 Å². The summed E-state index contributed by atoms with van der Waals surface area (Å²) < 4.78 is 1.24. The molecule has 22 heavy (non-hydrogen) atoms. The summed E-state index contributed by atoms with van der Waals surface area (Å²) in [5, 5.41) is 3.52. The fraction of sp³-hybridized carbons (Fsp3) is 0.0500. The molecule has 0 aliphatic rings. The summed E-state index contributed by atoms with van der Waals surface area (Å²) in [5.41, 5.74) is 3.59. The highest BCUT2D eigenvalue weighted by Gasteiger charge is 2.05. The first kappa shape index (κ1) is 13.2. The van der Waals surface area contributed by atoms with Crippen LogP contribution in [0.2, 0.25) is 0 Å². The minimum absolute atomic E-state index is 1.05. The standard InChI is InChI=1S/C20H15NS/c1-14-5-4-6-15(13-14)9-12-19-21-20-17-8-3-2-7-16(17)10-11-18(20)22-19/h2-13H,1H3/b12-9+. The number of hydrogen-bond acceptors (Lipinski definition) is 2. The Balaban J connectivity index is 1.78. The van der Waals surface area contributed by atoms with Crippen LogP contribution in [-0.4, -0.2) is 4.98 Å². The molecule has 106 valence electrons. The van der Waals surface area contributed by atoms with E-state index in [4.69, 9.17) is 4.98 Å². The molecule has 0 saturated carbocycles. The van der Waals surface area contributed by atoms with Gasteiger partial charge in [-0.25, -0.2) is 4.98 Å². The van der Waals surface area contributed by atoms with Crippen LogP contribution in [0.3, 0.4) is 0 Å². The molecule has 1 nitrogen and oxygen atoms in total.